The number of benzene rings is 2. The van der Waals surface area contributed by atoms with Gasteiger partial charge in [-0.1, -0.05) is 30.3 Å². The highest BCUT2D eigenvalue weighted by Gasteiger charge is 2.37. The molecule has 21 N–H and O–H groups in total. The van der Waals surface area contributed by atoms with Gasteiger partial charge in [0.25, 0.3) is 0 Å². The highest BCUT2D eigenvalue weighted by molar-refractivity contribution is 5.98. The van der Waals surface area contributed by atoms with E-state index in [1.54, 1.807) is 42.6 Å². The number of aliphatic carboxylic acids is 2. The first kappa shape index (κ1) is 59.4. The van der Waals surface area contributed by atoms with Crippen molar-refractivity contribution in [2.24, 2.45) is 22.2 Å². The summed E-state index contributed by atoms with van der Waals surface area (Å²) in [6.07, 6.45) is -3.57. The summed E-state index contributed by atoms with van der Waals surface area (Å²) in [7, 11) is 0. The monoisotopic (exact) mass is 1030 g/mol. The van der Waals surface area contributed by atoms with E-state index in [4.69, 9.17) is 17.2 Å². The molecule has 0 saturated carbocycles. The number of carbonyl (C=O) groups is 9. The number of hydrogen-bond acceptors (Lipinski definition) is 16. The SMILES string of the molecule is C[C@@H](O)[C@H](NC(=O)[C@H](CO)NC(=O)[C@@H](NC(=O)[C@H](Cc1c[nH]c2ccccc12)NC(=O)[C@@H](N)Cc1ccc(O)cc1)[C@@H](C)O)C(=O)N[C@@H](CCCN=C(N)N)C(=O)N[C@@H](CCC(=O)O)C(=O)N[C@@H](CO)C(=O)O. The lowest BCUT2D eigenvalue weighted by Gasteiger charge is -2.28. The molecule has 28 heteroatoms. The third-order valence-electron chi connectivity index (χ3n) is 11.1. The number of para-hydroxylation sites is 1. The molecule has 3 aromatic rings. The number of aliphatic hydroxyl groups excluding tert-OH is 4. The maximum Gasteiger partial charge on any atom is 0.328 e. The number of aliphatic hydroxyl groups is 4. The first-order valence-corrected chi connectivity index (χ1v) is 22.7. The van der Waals surface area contributed by atoms with E-state index in [2.05, 4.69) is 41.9 Å². The number of nitrogens with two attached hydrogens (primary N) is 3. The van der Waals surface area contributed by atoms with Crippen molar-refractivity contribution in [2.75, 3.05) is 19.8 Å². The molecule has 400 valence electrons. The third-order valence-corrected chi connectivity index (χ3v) is 11.1. The number of H-pyrrole nitrogens is 1. The molecule has 0 radical (unpaired) electrons. The molecule has 1 aromatic heterocycles. The van der Waals surface area contributed by atoms with Gasteiger partial charge in [-0.2, -0.15) is 0 Å². The molecule has 3 rings (SSSR count). The number of nitrogens with one attached hydrogen (secondary N) is 8. The molecule has 7 amide bonds. The van der Waals surface area contributed by atoms with Crippen LogP contribution in [0.5, 0.6) is 5.75 Å². The average molecular weight is 1030 g/mol. The molecule has 0 saturated heterocycles. The number of carboxylic acid groups (broad SMARTS) is 2. The fourth-order valence-corrected chi connectivity index (χ4v) is 7.06. The van der Waals surface area contributed by atoms with E-state index < -0.39 is 140 Å². The zero-order valence-electron chi connectivity index (χ0n) is 39.8. The summed E-state index contributed by atoms with van der Waals surface area (Å²) in [6.45, 7) is -0.134. The summed E-state index contributed by atoms with van der Waals surface area (Å²) in [5.41, 5.74) is 18.8. The van der Waals surface area contributed by atoms with E-state index in [-0.39, 0.29) is 43.9 Å². The Bertz CT molecular complexity index is 2430. The Kier molecular flexibility index (Phi) is 23.4. The minimum Gasteiger partial charge on any atom is -0.508 e. The predicted octanol–water partition coefficient (Wildman–Crippen LogP) is -5.87. The molecule has 73 heavy (non-hydrogen) atoms. The fraction of sp³-hybridized carbons (Fsp3) is 0.467. The van der Waals surface area contributed by atoms with Gasteiger partial charge in [0, 0.05) is 36.5 Å². The fourth-order valence-electron chi connectivity index (χ4n) is 7.06. The lowest BCUT2D eigenvalue weighted by molar-refractivity contribution is -0.144. The lowest BCUT2D eigenvalue weighted by atomic mass is 10.0. The zero-order chi connectivity index (χ0) is 54.5. The molecule has 28 nitrogen and oxygen atoms in total. The van der Waals surface area contributed by atoms with E-state index in [0.29, 0.717) is 22.0 Å². The Morgan fingerprint density at radius 1 is 0.616 bits per heavy atom. The normalized spacial score (nSPS) is 15.2. The van der Waals surface area contributed by atoms with Crippen molar-refractivity contribution < 1.29 is 78.9 Å². The van der Waals surface area contributed by atoms with Crippen LogP contribution < -0.4 is 54.4 Å². The Morgan fingerprint density at radius 3 is 1.64 bits per heavy atom. The van der Waals surface area contributed by atoms with E-state index in [1.165, 1.54) is 12.1 Å². The highest BCUT2D eigenvalue weighted by Crippen LogP contribution is 2.20. The second-order valence-electron chi connectivity index (χ2n) is 16.9. The van der Waals surface area contributed by atoms with Crippen LogP contribution in [0.15, 0.2) is 59.7 Å². The van der Waals surface area contributed by atoms with Gasteiger partial charge in [0.1, 0.15) is 48.0 Å². The van der Waals surface area contributed by atoms with Crippen molar-refractivity contribution in [2.45, 2.75) is 113 Å². The van der Waals surface area contributed by atoms with Crippen LogP contribution in [-0.4, -0.2) is 180 Å². The summed E-state index contributed by atoms with van der Waals surface area (Å²) < 4.78 is 0. The van der Waals surface area contributed by atoms with Crippen molar-refractivity contribution in [3.8, 4) is 5.75 Å². The Balaban J connectivity index is 1.82. The van der Waals surface area contributed by atoms with Crippen LogP contribution in [0.2, 0.25) is 0 Å². The number of guanidine groups is 1. The van der Waals surface area contributed by atoms with Crippen LogP contribution in [0, 0.1) is 0 Å². The number of amides is 7. The van der Waals surface area contributed by atoms with Gasteiger partial charge in [0.05, 0.1) is 31.5 Å². The topological polar surface area (TPSA) is 486 Å². The van der Waals surface area contributed by atoms with E-state index in [9.17, 15) is 78.9 Å². The Labute approximate surface area is 416 Å². The van der Waals surface area contributed by atoms with Gasteiger partial charge in [0.2, 0.25) is 41.4 Å². The number of fused-ring (bicyclic) bond motifs is 1. The van der Waals surface area contributed by atoms with Gasteiger partial charge in [0.15, 0.2) is 5.96 Å². The number of carboxylic acids is 2. The van der Waals surface area contributed by atoms with Crippen LogP contribution in [0.3, 0.4) is 0 Å². The lowest BCUT2D eigenvalue weighted by Crippen LogP contribution is -2.63. The van der Waals surface area contributed by atoms with Crippen molar-refractivity contribution in [1.82, 2.24) is 42.2 Å². The first-order valence-electron chi connectivity index (χ1n) is 22.7. The number of aromatic hydroxyl groups is 1. The molecular weight excluding hydrogens is 965 g/mol. The van der Waals surface area contributed by atoms with Gasteiger partial charge in [-0.25, -0.2) is 4.79 Å². The van der Waals surface area contributed by atoms with Gasteiger partial charge >= 0.3 is 11.9 Å². The third kappa shape index (κ3) is 19.0. The smallest absolute Gasteiger partial charge is 0.328 e. The molecule has 0 aliphatic rings. The van der Waals surface area contributed by atoms with Gasteiger partial charge in [-0.15, -0.1) is 0 Å². The Hall–Kier alpha value is -7.92. The van der Waals surface area contributed by atoms with Gasteiger partial charge in [-0.05, 0) is 68.9 Å². The molecule has 2 aromatic carbocycles. The first-order chi connectivity index (χ1) is 34.4. The molecule has 0 unspecified atom stereocenters. The second-order valence-corrected chi connectivity index (χ2v) is 16.9. The maximum atomic E-state index is 14.0. The van der Waals surface area contributed by atoms with Crippen LogP contribution in [0.25, 0.3) is 10.9 Å². The van der Waals surface area contributed by atoms with E-state index >= 15 is 0 Å². The molecule has 10 atom stereocenters. The second kappa shape index (κ2) is 28.8. The summed E-state index contributed by atoms with van der Waals surface area (Å²) in [5, 5.41) is 85.6. The van der Waals surface area contributed by atoms with Gasteiger partial charge < -0.3 is 95.1 Å². The number of hydrogen-bond donors (Lipinski definition) is 18. The largest absolute Gasteiger partial charge is 0.508 e. The number of nitrogens with zero attached hydrogens (tertiary/aromatic N) is 1. The zero-order valence-corrected chi connectivity index (χ0v) is 39.8. The number of aromatic amines is 1. The average Bonchev–Trinajstić information content (AvgIpc) is 3.74. The van der Waals surface area contributed by atoms with Crippen molar-refractivity contribution >= 4 is 70.2 Å². The number of aliphatic imine (C=N–C) groups is 1. The van der Waals surface area contributed by atoms with Crippen molar-refractivity contribution in [1.29, 1.82) is 0 Å². The van der Waals surface area contributed by atoms with Crippen LogP contribution >= 0.6 is 0 Å². The van der Waals surface area contributed by atoms with E-state index in [1.807, 2.05) is 5.32 Å². The number of phenols is 1. The van der Waals surface area contributed by atoms with Crippen LogP contribution in [-0.2, 0) is 56.0 Å². The molecule has 0 aliphatic heterocycles. The Morgan fingerprint density at radius 2 is 1.11 bits per heavy atom. The number of aromatic nitrogens is 1. The molecule has 0 aliphatic carbocycles. The molecule has 1 heterocycles. The van der Waals surface area contributed by atoms with Gasteiger partial charge in [-0.3, -0.25) is 43.3 Å². The summed E-state index contributed by atoms with van der Waals surface area (Å²) >= 11 is 0. The number of carbonyl (C=O) groups excluding carboxylic acids is 7. The summed E-state index contributed by atoms with van der Waals surface area (Å²) in [4.78, 5) is 125. The number of phenolic OH excluding ortho intramolecular Hbond substituents is 1. The van der Waals surface area contributed by atoms with E-state index in [0.717, 1.165) is 13.8 Å². The summed E-state index contributed by atoms with van der Waals surface area (Å²) in [5.74, 6) is -11.2. The number of rotatable bonds is 30. The highest BCUT2D eigenvalue weighted by atomic mass is 16.4. The van der Waals surface area contributed by atoms with Crippen LogP contribution in [0.1, 0.15) is 50.7 Å². The summed E-state index contributed by atoms with van der Waals surface area (Å²) in [6, 6.07) is -0.538. The predicted molar refractivity (Wildman–Crippen MR) is 257 cm³/mol. The molecular formula is C45H64N12O16. The molecule has 0 bridgehead atoms. The standard InChI is InChI=1S/C45H64N12O16/c1-21(60)35(42(70)52-29(8-5-15-49-45(47)48)38(66)51-30(13-14-34(63)64)39(67)55-33(20-59)44(72)73)57-41(69)32(19-58)54-43(71)36(22(2)61)56-40(68)31(17-24-18-50-28-7-4-3-6-26(24)28)53-37(65)27(46)16-23-9-11-25(62)12-10-23/h3-4,6-7,9-12,18,21-22,27,29-33,35-36,50,58-62H,5,8,13-17,19-20,46H2,1-2H3,(H,51,66)(H,52,70)(H,53,65)(H,54,71)(H,55,67)(H,56,68)(H,57,69)(H,63,64)(H,72,73)(H4,47,48,49)/t21-,22-,27+,29+,30+,31+,32+,33+,35+,36+/m1/s1. The molecule has 0 fully saturated rings. The quantitative estimate of drug-likeness (QED) is 0.0168. The molecule has 0 spiro atoms. The minimum atomic E-state index is -1.94. The van der Waals surface area contributed by atoms with Crippen LogP contribution in [0.4, 0.5) is 0 Å². The maximum absolute atomic E-state index is 14.0. The van der Waals surface area contributed by atoms with Crippen molar-refractivity contribution in [3.05, 3.63) is 65.9 Å². The minimum absolute atomic E-state index is 0.00632. The van der Waals surface area contributed by atoms with Crippen molar-refractivity contribution in [3.63, 3.8) is 0 Å².